The van der Waals surface area contributed by atoms with Gasteiger partial charge < -0.3 is 15.0 Å². The van der Waals surface area contributed by atoms with Gasteiger partial charge in [-0.1, -0.05) is 29.3 Å². The lowest BCUT2D eigenvalue weighted by atomic mass is 9.86. The van der Waals surface area contributed by atoms with Gasteiger partial charge in [-0.05, 0) is 17.7 Å². The zero-order valence-corrected chi connectivity index (χ0v) is 16.0. The van der Waals surface area contributed by atoms with Crippen molar-refractivity contribution in [2.24, 2.45) is 0 Å². The number of nitrogens with one attached hydrogen (secondary N) is 1. The summed E-state index contributed by atoms with van der Waals surface area (Å²) in [6, 6.07) is 7.79. The van der Waals surface area contributed by atoms with Gasteiger partial charge in [0, 0.05) is 31.1 Å². The molecule has 1 saturated heterocycles. The second-order valence-corrected chi connectivity index (χ2v) is 7.99. The summed E-state index contributed by atoms with van der Waals surface area (Å²) in [4.78, 5) is 15.2. The highest BCUT2D eigenvalue weighted by Gasteiger charge is 2.35. The predicted molar refractivity (Wildman–Crippen MR) is 103 cm³/mol. The first-order valence-corrected chi connectivity index (χ1v) is 9.80. The van der Waals surface area contributed by atoms with Gasteiger partial charge in [0.2, 0.25) is 0 Å². The van der Waals surface area contributed by atoms with E-state index >= 15 is 0 Å². The van der Waals surface area contributed by atoms with Crippen molar-refractivity contribution in [3.63, 3.8) is 0 Å². The molecule has 3 heterocycles. The average Bonchev–Trinajstić information content (AvgIpc) is 3.06. The molecule has 1 aromatic heterocycles. The van der Waals surface area contributed by atoms with Crippen LogP contribution in [0.2, 0.25) is 10.0 Å². The molecule has 1 aromatic carbocycles. The number of amides is 1. The number of thiophene rings is 1. The van der Waals surface area contributed by atoms with E-state index in [4.69, 9.17) is 27.9 Å². The summed E-state index contributed by atoms with van der Waals surface area (Å²) in [6.45, 7) is 3.10. The molecule has 0 unspecified atom stereocenters. The SMILES string of the molecule is N#Cc1c(N2CCOCC2)sc2c1[C@@H](c1ccc(Cl)c(Cl)c1)CNC2=O. The van der Waals surface area contributed by atoms with Crippen molar-refractivity contribution in [2.45, 2.75) is 5.92 Å². The van der Waals surface area contributed by atoms with E-state index in [0.717, 1.165) is 16.1 Å². The van der Waals surface area contributed by atoms with Crippen LogP contribution in [0.25, 0.3) is 0 Å². The number of hydrogen-bond donors (Lipinski definition) is 1. The summed E-state index contributed by atoms with van der Waals surface area (Å²) >= 11 is 13.6. The third-order valence-corrected chi connectivity index (χ3v) is 6.71. The number of rotatable bonds is 2. The Bertz CT molecular complexity index is 916. The minimum absolute atomic E-state index is 0.127. The molecule has 0 bridgehead atoms. The first-order chi connectivity index (χ1) is 12.6. The van der Waals surface area contributed by atoms with Gasteiger partial charge in [-0.25, -0.2) is 0 Å². The van der Waals surface area contributed by atoms with Crippen LogP contribution in [-0.2, 0) is 4.74 Å². The van der Waals surface area contributed by atoms with Crippen LogP contribution in [-0.4, -0.2) is 38.8 Å². The molecular formula is C18H15Cl2N3O2S. The van der Waals surface area contributed by atoms with Gasteiger partial charge in [0.25, 0.3) is 5.91 Å². The van der Waals surface area contributed by atoms with E-state index < -0.39 is 0 Å². The summed E-state index contributed by atoms with van der Waals surface area (Å²) < 4.78 is 5.41. The molecule has 2 aliphatic rings. The van der Waals surface area contributed by atoms with Crippen molar-refractivity contribution in [2.75, 3.05) is 37.7 Å². The number of nitrogens with zero attached hydrogens (tertiary/aromatic N) is 2. The van der Waals surface area contributed by atoms with Crippen molar-refractivity contribution in [1.29, 1.82) is 5.26 Å². The summed E-state index contributed by atoms with van der Waals surface area (Å²) in [7, 11) is 0. The quantitative estimate of drug-likeness (QED) is 0.824. The molecule has 0 aliphatic carbocycles. The fraction of sp³-hybridized carbons (Fsp3) is 0.333. The van der Waals surface area contributed by atoms with Crippen LogP contribution in [0, 0.1) is 11.3 Å². The van der Waals surface area contributed by atoms with E-state index in [1.165, 1.54) is 11.3 Å². The van der Waals surface area contributed by atoms with Gasteiger partial charge >= 0.3 is 0 Å². The Kier molecular flexibility index (Phi) is 4.80. The van der Waals surface area contributed by atoms with Crippen molar-refractivity contribution in [1.82, 2.24) is 5.32 Å². The highest BCUT2D eigenvalue weighted by molar-refractivity contribution is 7.18. The van der Waals surface area contributed by atoms with Crippen molar-refractivity contribution in [3.8, 4) is 6.07 Å². The Morgan fingerprint density at radius 1 is 1.27 bits per heavy atom. The Labute approximate surface area is 165 Å². The van der Waals surface area contributed by atoms with Crippen molar-refractivity contribution >= 4 is 45.4 Å². The number of hydrogen-bond acceptors (Lipinski definition) is 5. The number of morpholine rings is 1. The second-order valence-electron chi connectivity index (χ2n) is 6.17. The summed E-state index contributed by atoms with van der Waals surface area (Å²) in [5.41, 5.74) is 2.31. The predicted octanol–water partition coefficient (Wildman–Crippen LogP) is 3.64. The van der Waals surface area contributed by atoms with Gasteiger partial charge in [-0.2, -0.15) is 5.26 Å². The normalized spacial score (nSPS) is 19.7. The van der Waals surface area contributed by atoms with E-state index in [1.807, 2.05) is 12.1 Å². The minimum Gasteiger partial charge on any atom is -0.378 e. The smallest absolute Gasteiger partial charge is 0.261 e. The summed E-state index contributed by atoms with van der Waals surface area (Å²) in [6.07, 6.45) is 0. The lowest BCUT2D eigenvalue weighted by Gasteiger charge is -2.28. The molecule has 2 aliphatic heterocycles. The summed E-state index contributed by atoms with van der Waals surface area (Å²) in [5, 5.41) is 14.6. The van der Waals surface area contributed by atoms with Crippen LogP contribution in [0.5, 0.6) is 0 Å². The number of anilines is 1. The fourth-order valence-corrected chi connectivity index (χ4v) is 5.01. The monoisotopic (exact) mass is 407 g/mol. The Morgan fingerprint density at radius 3 is 2.73 bits per heavy atom. The molecule has 134 valence electrons. The van der Waals surface area contributed by atoms with Gasteiger partial charge in [0.1, 0.15) is 11.1 Å². The molecule has 26 heavy (non-hydrogen) atoms. The van der Waals surface area contributed by atoms with E-state index in [9.17, 15) is 10.1 Å². The van der Waals surface area contributed by atoms with E-state index in [-0.39, 0.29) is 11.8 Å². The Morgan fingerprint density at radius 2 is 2.04 bits per heavy atom. The Hall–Kier alpha value is -1.78. The first kappa shape index (κ1) is 17.6. The van der Waals surface area contributed by atoms with Gasteiger partial charge in [-0.15, -0.1) is 11.3 Å². The standard InChI is InChI=1S/C18H15Cl2N3O2S/c19-13-2-1-10(7-14(13)20)12-9-22-17(24)16-15(12)11(8-21)18(26-16)23-3-5-25-6-4-23/h1-2,7,12H,3-6,9H2,(H,22,24)/t12-/m1/s1. The third-order valence-electron chi connectivity index (χ3n) is 4.70. The van der Waals surface area contributed by atoms with Crippen LogP contribution in [0.4, 0.5) is 5.00 Å². The number of carbonyl (C=O) groups is 1. The van der Waals surface area contributed by atoms with Crippen LogP contribution in [0.3, 0.4) is 0 Å². The largest absolute Gasteiger partial charge is 0.378 e. The minimum atomic E-state index is -0.127. The molecule has 2 aromatic rings. The van der Waals surface area contributed by atoms with Gasteiger partial charge in [0.05, 0.1) is 33.7 Å². The fourth-order valence-electron chi connectivity index (χ4n) is 3.42. The molecule has 4 rings (SSSR count). The third kappa shape index (κ3) is 2.95. The van der Waals surface area contributed by atoms with Crippen LogP contribution >= 0.6 is 34.5 Å². The lowest BCUT2D eigenvalue weighted by Crippen LogP contribution is -2.36. The zero-order chi connectivity index (χ0) is 18.3. The van der Waals surface area contributed by atoms with E-state index in [0.29, 0.717) is 53.3 Å². The van der Waals surface area contributed by atoms with Crippen molar-refractivity contribution < 1.29 is 9.53 Å². The maximum atomic E-state index is 12.4. The Balaban J connectivity index is 1.84. The first-order valence-electron chi connectivity index (χ1n) is 8.22. The molecule has 1 amide bonds. The highest BCUT2D eigenvalue weighted by Crippen LogP contribution is 2.44. The van der Waals surface area contributed by atoms with Crippen LogP contribution < -0.4 is 10.2 Å². The molecule has 1 N–H and O–H groups in total. The van der Waals surface area contributed by atoms with E-state index in [1.54, 1.807) is 6.07 Å². The molecule has 0 saturated carbocycles. The molecule has 0 spiro atoms. The number of halogens is 2. The number of fused-ring (bicyclic) bond motifs is 1. The van der Waals surface area contributed by atoms with Crippen LogP contribution in [0.15, 0.2) is 18.2 Å². The van der Waals surface area contributed by atoms with Crippen LogP contribution in [0.1, 0.15) is 32.3 Å². The maximum absolute atomic E-state index is 12.4. The zero-order valence-electron chi connectivity index (χ0n) is 13.7. The molecule has 5 nitrogen and oxygen atoms in total. The van der Waals surface area contributed by atoms with Gasteiger partial charge in [-0.3, -0.25) is 4.79 Å². The molecule has 0 radical (unpaired) electrons. The number of carbonyl (C=O) groups excluding carboxylic acids is 1. The topological polar surface area (TPSA) is 65.4 Å². The molecule has 8 heteroatoms. The molecule has 1 fully saturated rings. The second kappa shape index (κ2) is 7.09. The lowest BCUT2D eigenvalue weighted by molar-refractivity contribution is 0.0947. The molecule has 1 atom stereocenters. The average molecular weight is 408 g/mol. The highest BCUT2D eigenvalue weighted by atomic mass is 35.5. The van der Waals surface area contributed by atoms with E-state index in [2.05, 4.69) is 16.3 Å². The maximum Gasteiger partial charge on any atom is 0.261 e. The number of ether oxygens (including phenoxy) is 1. The number of nitriles is 1. The summed E-state index contributed by atoms with van der Waals surface area (Å²) in [5.74, 6) is -0.254. The number of benzene rings is 1. The molecular weight excluding hydrogens is 393 g/mol. The van der Waals surface area contributed by atoms with Crippen molar-refractivity contribution in [3.05, 3.63) is 49.8 Å². The van der Waals surface area contributed by atoms with Gasteiger partial charge in [0.15, 0.2) is 0 Å².